The van der Waals surface area contributed by atoms with Crippen molar-refractivity contribution in [2.24, 2.45) is 0 Å². The predicted molar refractivity (Wildman–Crippen MR) is 65.0 cm³/mol. The molecule has 100 valence electrons. The molecular formula is C12H11FN2O4. The Labute approximate surface area is 106 Å². The molecule has 0 saturated heterocycles. The Balaban J connectivity index is 2.66. The molecule has 0 unspecified atom stereocenters. The maximum atomic E-state index is 13.3. The van der Waals surface area contributed by atoms with E-state index in [4.69, 9.17) is 4.74 Å². The van der Waals surface area contributed by atoms with Crippen LogP contribution in [0.3, 0.4) is 0 Å². The van der Waals surface area contributed by atoms with Gasteiger partial charge in [-0.05, 0) is 17.7 Å². The van der Waals surface area contributed by atoms with Crippen LogP contribution in [0.1, 0.15) is 5.56 Å². The first-order valence-corrected chi connectivity index (χ1v) is 5.36. The van der Waals surface area contributed by atoms with Crippen molar-refractivity contribution in [2.75, 3.05) is 7.11 Å². The number of nitrogens with zero attached hydrogens (tertiary/aromatic N) is 1. The lowest BCUT2D eigenvalue weighted by molar-refractivity contribution is 0.185. The zero-order valence-electron chi connectivity index (χ0n) is 10.0. The Bertz CT molecular complexity index is 720. The molecule has 2 N–H and O–H groups in total. The Kier molecular flexibility index (Phi) is 3.48. The van der Waals surface area contributed by atoms with E-state index in [1.54, 1.807) is 23.2 Å². The summed E-state index contributed by atoms with van der Waals surface area (Å²) in [5.41, 5.74) is -1.21. The van der Waals surface area contributed by atoms with Crippen LogP contribution in [-0.2, 0) is 11.3 Å². The molecule has 2 rings (SSSR count). The van der Waals surface area contributed by atoms with Crippen molar-refractivity contribution in [3.8, 4) is 11.6 Å². The third-order valence-electron chi connectivity index (χ3n) is 2.51. The molecule has 1 aromatic heterocycles. The van der Waals surface area contributed by atoms with E-state index in [-0.39, 0.29) is 5.69 Å². The van der Waals surface area contributed by atoms with Crippen LogP contribution >= 0.6 is 0 Å². The molecule has 0 fully saturated rings. The lowest BCUT2D eigenvalue weighted by atomic mass is 10.2. The number of hydrogen-bond acceptors (Lipinski definition) is 4. The van der Waals surface area contributed by atoms with E-state index in [2.05, 4.69) is 0 Å². The molecule has 0 radical (unpaired) electrons. The van der Waals surface area contributed by atoms with E-state index in [1.165, 1.54) is 13.2 Å². The fourth-order valence-electron chi connectivity index (χ4n) is 1.70. The number of rotatable bonds is 3. The van der Waals surface area contributed by atoms with E-state index in [0.717, 1.165) is 5.56 Å². The van der Waals surface area contributed by atoms with Gasteiger partial charge >= 0.3 is 5.69 Å². The van der Waals surface area contributed by atoms with Gasteiger partial charge in [0.1, 0.15) is 0 Å². The Hall–Kier alpha value is -2.41. The van der Waals surface area contributed by atoms with Crippen molar-refractivity contribution < 1.29 is 14.2 Å². The highest BCUT2D eigenvalue weighted by molar-refractivity contribution is 5.38. The van der Waals surface area contributed by atoms with Crippen molar-refractivity contribution in [3.05, 3.63) is 56.5 Å². The van der Waals surface area contributed by atoms with Crippen LogP contribution in [0.5, 0.6) is 5.88 Å². The molecule has 1 aromatic carbocycles. The molecule has 0 saturated carbocycles. The Morgan fingerprint density at radius 2 is 2.16 bits per heavy atom. The van der Waals surface area contributed by atoms with Crippen LogP contribution in [0, 0.1) is 5.82 Å². The van der Waals surface area contributed by atoms with E-state index < -0.39 is 22.9 Å². The zero-order chi connectivity index (χ0) is 14.0. The highest BCUT2D eigenvalue weighted by Crippen LogP contribution is 2.16. The largest absolute Gasteiger partial charge is 0.492 e. The first-order valence-electron chi connectivity index (χ1n) is 5.36. The van der Waals surface area contributed by atoms with Crippen LogP contribution in [0.25, 0.3) is 5.69 Å². The Morgan fingerprint density at radius 3 is 2.84 bits per heavy atom. The third kappa shape index (κ3) is 2.41. The minimum atomic E-state index is -1.41. The third-order valence-corrected chi connectivity index (χ3v) is 2.51. The van der Waals surface area contributed by atoms with Gasteiger partial charge in [0.05, 0.1) is 12.3 Å². The topological polar surface area (TPSA) is 84.3 Å². The molecular weight excluding hydrogens is 255 g/mol. The highest BCUT2D eigenvalue weighted by atomic mass is 19.1. The summed E-state index contributed by atoms with van der Waals surface area (Å²) in [4.78, 5) is 24.4. The summed E-state index contributed by atoms with van der Waals surface area (Å²) in [6.45, 7) is 0.301. The van der Waals surface area contributed by atoms with Gasteiger partial charge < -0.3 is 9.84 Å². The average molecular weight is 266 g/mol. The van der Waals surface area contributed by atoms with Crippen molar-refractivity contribution in [3.63, 3.8) is 0 Å². The summed E-state index contributed by atoms with van der Waals surface area (Å²) in [7, 11) is 1.51. The van der Waals surface area contributed by atoms with Crippen LogP contribution in [-0.4, -0.2) is 21.8 Å². The van der Waals surface area contributed by atoms with Gasteiger partial charge in [0.15, 0.2) is 0 Å². The van der Waals surface area contributed by atoms with E-state index in [0.29, 0.717) is 11.2 Å². The highest BCUT2D eigenvalue weighted by Gasteiger charge is 2.15. The Morgan fingerprint density at radius 1 is 1.42 bits per heavy atom. The molecule has 7 heteroatoms. The van der Waals surface area contributed by atoms with Crippen molar-refractivity contribution in [1.82, 2.24) is 9.55 Å². The molecule has 6 nitrogen and oxygen atoms in total. The molecule has 0 bridgehead atoms. The molecule has 0 amide bonds. The SMILES string of the molecule is COCc1cccc(-n2c(O)c(F)c(=O)[nH]c2=O)c1. The van der Waals surface area contributed by atoms with Crippen LogP contribution in [0.4, 0.5) is 4.39 Å². The smallest absolute Gasteiger partial charge is 0.335 e. The van der Waals surface area contributed by atoms with Gasteiger partial charge in [-0.3, -0.25) is 9.78 Å². The van der Waals surface area contributed by atoms with Gasteiger partial charge in [0.25, 0.3) is 5.56 Å². The molecule has 2 aromatic rings. The van der Waals surface area contributed by atoms with Gasteiger partial charge in [0.2, 0.25) is 11.7 Å². The average Bonchev–Trinajstić information content (AvgIpc) is 2.37. The van der Waals surface area contributed by atoms with Crippen molar-refractivity contribution in [1.29, 1.82) is 0 Å². The predicted octanol–water partition coefficient (Wildman–Crippen LogP) is 0.517. The lowest BCUT2D eigenvalue weighted by Crippen LogP contribution is -2.30. The number of methoxy groups -OCH3 is 1. The maximum absolute atomic E-state index is 13.3. The number of aromatic nitrogens is 2. The van der Waals surface area contributed by atoms with Crippen LogP contribution in [0.15, 0.2) is 33.9 Å². The fourth-order valence-corrected chi connectivity index (χ4v) is 1.70. The second kappa shape index (κ2) is 5.07. The summed E-state index contributed by atoms with van der Waals surface area (Å²) >= 11 is 0. The number of hydrogen-bond donors (Lipinski definition) is 2. The second-order valence-electron chi connectivity index (χ2n) is 3.84. The number of ether oxygens (including phenoxy) is 1. The molecule has 0 spiro atoms. The molecule has 19 heavy (non-hydrogen) atoms. The van der Waals surface area contributed by atoms with Gasteiger partial charge in [-0.15, -0.1) is 0 Å². The number of aromatic hydroxyl groups is 1. The first kappa shape index (κ1) is 13.0. The first-order chi connectivity index (χ1) is 9.04. The zero-order valence-corrected chi connectivity index (χ0v) is 10.0. The van der Waals surface area contributed by atoms with Crippen LogP contribution < -0.4 is 11.2 Å². The molecule has 0 atom stereocenters. The number of H-pyrrole nitrogens is 1. The maximum Gasteiger partial charge on any atom is 0.335 e. The minimum absolute atomic E-state index is 0.229. The van der Waals surface area contributed by atoms with Crippen molar-refractivity contribution in [2.45, 2.75) is 6.61 Å². The monoisotopic (exact) mass is 266 g/mol. The van der Waals surface area contributed by atoms with Gasteiger partial charge in [-0.1, -0.05) is 12.1 Å². The normalized spacial score (nSPS) is 10.6. The minimum Gasteiger partial charge on any atom is -0.492 e. The molecule has 0 aliphatic rings. The van der Waals surface area contributed by atoms with E-state index in [1.807, 2.05) is 0 Å². The van der Waals surface area contributed by atoms with E-state index in [9.17, 15) is 19.1 Å². The number of benzene rings is 1. The number of halogens is 1. The van der Waals surface area contributed by atoms with Gasteiger partial charge in [-0.25, -0.2) is 9.36 Å². The summed E-state index contributed by atoms with van der Waals surface area (Å²) in [5.74, 6) is -2.43. The van der Waals surface area contributed by atoms with Gasteiger partial charge in [0, 0.05) is 7.11 Å². The quantitative estimate of drug-likeness (QED) is 0.848. The summed E-state index contributed by atoms with van der Waals surface area (Å²) in [6.07, 6.45) is 0. The second-order valence-corrected chi connectivity index (χ2v) is 3.84. The number of nitrogens with one attached hydrogen (secondary N) is 1. The summed E-state index contributed by atoms with van der Waals surface area (Å²) < 4.78 is 18.9. The molecule has 0 aliphatic carbocycles. The summed E-state index contributed by atoms with van der Waals surface area (Å²) in [5, 5.41) is 9.57. The fraction of sp³-hybridized carbons (Fsp3) is 0.167. The lowest BCUT2D eigenvalue weighted by Gasteiger charge is -2.09. The van der Waals surface area contributed by atoms with E-state index >= 15 is 0 Å². The molecule has 0 aliphatic heterocycles. The van der Waals surface area contributed by atoms with Gasteiger partial charge in [-0.2, -0.15) is 4.39 Å². The number of aromatic amines is 1. The van der Waals surface area contributed by atoms with Crippen molar-refractivity contribution >= 4 is 0 Å². The standard InChI is InChI=1S/C12H11FN2O4/c1-19-6-7-3-2-4-8(5-7)15-11(17)9(13)10(16)14-12(15)18/h2-5,17H,6H2,1H3,(H,14,16,18). The van der Waals surface area contributed by atoms with Crippen LogP contribution in [0.2, 0.25) is 0 Å². The summed E-state index contributed by atoms with van der Waals surface area (Å²) in [6, 6.07) is 6.41. The molecule has 1 heterocycles.